The van der Waals surface area contributed by atoms with Crippen LogP contribution in [0.4, 0.5) is 5.13 Å². The lowest BCUT2D eigenvalue weighted by Crippen LogP contribution is -2.46. The number of nitrogens with zero attached hydrogens (tertiary/aromatic N) is 5. The number of benzene rings is 1. The summed E-state index contributed by atoms with van der Waals surface area (Å²) < 4.78 is 4.36. The van der Waals surface area contributed by atoms with Crippen LogP contribution in [0.15, 0.2) is 29.1 Å². The third-order valence-corrected chi connectivity index (χ3v) is 5.27. The van der Waals surface area contributed by atoms with Gasteiger partial charge in [0, 0.05) is 44.1 Å². The number of aryl methyl sites for hydroxylation is 1. The molecule has 3 aromatic rings. The lowest BCUT2D eigenvalue weighted by atomic mass is 10.2. The zero-order valence-electron chi connectivity index (χ0n) is 14.1. The summed E-state index contributed by atoms with van der Waals surface area (Å²) >= 11 is 1.48. The number of anilines is 1. The Labute approximate surface area is 149 Å². The second kappa shape index (κ2) is 6.89. The van der Waals surface area contributed by atoms with Crippen molar-refractivity contribution >= 4 is 27.6 Å². The first-order chi connectivity index (χ1) is 12.2. The Kier molecular flexibility index (Phi) is 4.46. The highest BCUT2D eigenvalue weighted by molar-refractivity contribution is 7.09. The highest BCUT2D eigenvalue weighted by atomic mass is 32.1. The Morgan fingerprint density at radius 2 is 1.96 bits per heavy atom. The van der Waals surface area contributed by atoms with Gasteiger partial charge in [-0.3, -0.25) is 9.69 Å². The number of H-pyrrole nitrogens is 1. The van der Waals surface area contributed by atoms with Crippen molar-refractivity contribution in [1.82, 2.24) is 24.2 Å². The van der Waals surface area contributed by atoms with Gasteiger partial charge in [-0.2, -0.15) is 4.37 Å². The number of rotatable bonds is 4. The highest BCUT2D eigenvalue weighted by Gasteiger charge is 2.20. The first-order valence-electron chi connectivity index (χ1n) is 8.51. The number of nitrogens with one attached hydrogen (secondary N) is 1. The third-order valence-electron chi connectivity index (χ3n) is 4.45. The maximum Gasteiger partial charge on any atom is 0.258 e. The van der Waals surface area contributed by atoms with Gasteiger partial charge in [0.05, 0.1) is 17.4 Å². The second-order valence-electron chi connectivity index (χ2n) is 6.14. The largest absolute Gasteiger partial charge is 0.344 e. The highest BCUT2D eigenvalue weighted by Crippen LogP contribution is 2.19. The molecule has 4 rings (SSSR count). The summed E-state index contributed by atoms with van der Waals surface area (Å²) in [6, 6.07) is 7.45. The van der Waals surface area contributed by atoms with E-state index < -0.39 is 0 Å². The minimum Gasteiger partial charge on any atom is -0.344 e. The van der Waals surface area contributed by atoms with Gasteiger partial charge in [0.2, 0.25) is 5.13 Å². The number of aromatic nitrogens is 4. The van der Waals surface area contributed by atoms with Crippen LogP contribution in [0.3, 0.4) is 0 Å². The predicted octanol–water partition coefficient (Wildman–Crippen LogP) is 1.66. The van der Waals surface area contributed by atoms with Gasteiger partial charge in [0.15, 0.2) is 0 Å². The lowest BCUT2D eigenvalue weighted by Gasteiger charge is -2.33. The molecule has 1 aliphatic heterocycles. The maximum absolute atomic E-state index is 12.2. The van der Waals surface area contributed by atoms with E-state index in [4.69, 9.17) is 0 Å². The van der Waals surface area contributed by atoms with Crippen molar-refractivity contribution in [1.29, 1.82) is 0 Å². The van der Waals surface area contributed by atoms with Gasteiger partial charge >= 0.3 is 0 Å². The average molecular weight is 356 g/mol. The molecule has 0 amide bonds. The molecule has 0 saturated carbocycles. The zero-order valence-corrected chi connectivity index (χ0v) is 14.9. The van der Waals surface area contributed by atoms with Crippen LogP contribution in [-0.2, 0) is 13.0 Å². The van der Waals surface area contributed by atoms with E-state index in [-0.39, 0.29) is 5.56 Å². The van der Waals surface area contributed by atoms with E-state index >= 15 is 0 Å². The molecule has 8 heteroatoms. The maximum atomic E-state index is 12.2. The van der Waals surface area contributed by atoms with Crippen LogP contribution >= 0.6 is 11.5 Å². The van der Waals surface area contributed by atoms with E-state index in [0.717, 1.165) is 54.9 Å². The number of aromatic amines is 1. The van der Waals surface area contributed by atoms with Crippen LogP contribution in [0.1, 0.15) is 18.6 Å². The second-order valence-corrected chi connectivity index (χ2v) is 6.87. The summed E-state index contributed by atoms with van der Waals surface area (Å²) in [5, 5.41) is 1.65. The molecule has 1 N–H and O–H groups in total. The Hall–Kier alpha value is -2.32. The van der Waals surface area contributed by atoms with Crippen molar-refractivity contribution in [3.05, 3.63) is 46.3 Å². The van der Waals surface area contributed by atoms with E-state index in [9.17, 15) is 4.79 Å². The fraction of sp³-hybridized carbons (Fsp3) is 0.412. The number of hydrogen-bond acceptors (Lipinski definition) is 7. The standard InChI is InChI=1S/C17H20N6OS/c1-2-14-20-17(25-21-14)23-9-7-22(8-10-23)11-15-18-13-6-4-3-5-12(13)16(24)19-15/h3-6H,2,7-11H2,1H3,(H,18,19,24). The van der Waals surface area contributed by atoms with Crippen LogP contribution in [0.5, 0.6) is 0 Å². The molecule has 0 atom stereocenters. The van der Waals surface area contributed by atoms with Gasteiger partial charge in [-0.15, -0.1) is 0 Å². The predicted molar refractivity (Wildman–Crippen MR) is 99.1 cm³/mol. The Bertz CT molecular complexity index is 928. The van der Waals surface area contributed by atoms with Gasteiger partial charge in [-0.25, -0.2) is 9.97 Å². The number of piperazine rings is 1. The molecular weight excluding hydrogens is 336 g/mol. The first-order valence-corrected chi connectivity index (χ1v) is 9.28. The molecule has 0 bridgehead atoms. The Balaban J connectivity index is 1.42. The molecule has 7 nitrogen and oxygen atoms in total. The SMILES string of the molecule is CCc1nsc(N2CCN(Cc3nc4ccccc4c(=O)[nH]3)CC2)n1. The molecule has 1 aliphatic rings. The molecule has 0 unspecified atom stereocenters. The van der Waals surface area contributed by atoms with Gasteiger partial charge < -0.3 is 9.88 Å². The Morgan fingerprint density at radius 3 is 2.72 bits per heavy atom. The fourth-order valence-corrected chi connectivity index (χ4v) is 3.84. The molecule has 0 radical (unpaired) electrons. The molecule has 0 spiro atoms. The lowest BCUT2D eigenvalue weighted by molar-refractivity contribution is 0.244. The smallest absolute Gasteiger partial charge is 0.258 e. The van der Waals surface area contributed by atoms with Crippen LogP contribution in [0.2, 0.25) is 0 Å². The topological polar surface area (TPSA) is 78.0 Å². The van der Waals surface area contributed by atoms with E-state index in [0.29, 0.717) is 11.9 Å². The van der Waals surface area contributed by atoms with E-state index in [1.165, 1.54) is 11.5 Å². The van der Waals surface area contributed by atoms with Crippen molar-refractivity contribution in [2.75, 3.05) is 31.1 Å². The summed E-state index contributed by atoms with van der Waals surface area (Å²) in [7, 11) is 0. The van der Waals surface area contributed by atoms with Crippen LogP contribution in [0, 0.1) is 0 Å². The number of fused-ring (bicyclic) bond motifs is 1. The van der Waals surface area contributed by atoms with Crippen LogP contribution < -0.4 is 10.5 Å². The van der Waals surface area contributed by atoms with Gasteiger partial charge in [0.1, 0.15) is 11.6 Å². The minimum absolute atomic E-state index is 0.0693. The third kappa shape index (κ3) is 3.40. The van der Waals surface area contributed by atoms with Crippen molar-refractivity contribution in [2.24, 2.45) is 0 Å². The molecular formula is C17H20N6OS. The summed E-state index contributed by atoms with van der Waals surface area (Å²) in [5.74, 6) is 1.64. The van der Waals surface area contributed by atoms with Crippen LogP contribution in [-0.4, -0.2) is 50.4 Å². The molecule has 1 saturated heterocycles. The molecule has 130 valence electrons. The average Bonchev–Trinajstić information content (AvgIpc) is 3.12. The minimum atomic E-state index is -0.0693. The molecule has 3 heterocycles. The van der Waals surface area contributed by atoms with E-state index in [1.54, 1.807) is 6.07 Å². The summed E-state index contributed by atoms with van der Waals surface area (Å²) in [6.07, 6.45) is 0.872. The van der Waals surface area contributed by atoms with Crippen molar-refractivity contribution in [2.45, 2.75) is 19.9 Å². The molecule has 1 aromatic carbocycles. The fourth-order valence-electron chi connectivity index (χ4n) is 3.04. The normalized spacial score (nSPS) is 15.8. The Morgan fingerprint density at radius 1 is 1.16 bits per heavy atom. The van der Waals surface area contributed by atoms with Crippen molar-refractivity contribution < 1.29 is 0 Å². The summed E-state index contributed by atoms with van der Waals surface area (Å²) in [4.78, 5) is 28.8. The number of para-hydroxylation sites is 1. The number of hydrogen-bond donors (Lipinski definition) is 1. The molecule has 25 heavy (non-hydrogen) atoms. The van der Waals surface area contributed by atoms with E-state index in [1.807, 2.05) is 18.2 Å². The molecule has 1 fully saturated rings. The monoisotopic (exact) mass is 356 g/mol. The zero-order chi connectivity index (χ0) is 17.2. The summed E-state index contributed by atoms with van der Waals surface area (Å²) in [6.45, 7) is 6.38. The molecule has 2 aromatic heterocycles. The quantitative estimate of drug-likeness (QED) is 0.766. The molecule has 0 aliphatic carbocycles. The van der Waals surface area contributed by atoms with Gasteiger partial charge in [0.25, 0.3) is 5.56 Å². The van der Waals surface area contributed by atoms with Crippen LogP contribution in [0.25, 0.3) is 10.9 Å². The van der Waals surface area contributed by atoms with Gasteiger partial charge in [-0.05, 0) is 12.1 Å². The van der Waals surface area contributed by atoms with E-state index in [2.05, 4.69) is 36.0 Å². The first kappa shape index (κ1) is 16.2. The van der Waals surface area contributed by atoms with Gasteiger partial charge in [-0.1, -0.05) is 19.1 Å². The summed E-state index contributed by atoms with van der Waals surface area (Å²) in [5.41, 5.74) is 0.682. The van der Waals surface area contributed by atoms with Crippen molar-refractivity contribution in [3.8, 4) is 0 Å². The van der Waals surface area contributed by atoms with Crippen molar-refractivity contribution in [3.63, 3.8) is 0 Å².